The van der Waals surface area contributed by atoms with Crippen LogP contribution in [0.15, 0.2) is 34.7 Å². The van der Waals surface area contributed by atoms with Crippen LogP contribution in [0.5, 0.6) is 5.75 Å². The first-order valence-electron chi connectivity index (χ1n) is 7.35. The molecule has 0 fully saturated rings. The molecule has 2 aromatic heterocycles. The number of carbonyl (C=O) groups excluding carboxylic acids is 1. The minimum absolute atomic E-state index is 0.00401. The Kier molecular flexibility index (Phi) is 5.57. The molecule has 3 rings (SSSR count). The molecule has 1 amide bonds. The highest BCUT2D eigenvalue weighted by Gasteiger charge is 2.16. The minimum atomic E-state index is -0.270. The van der Waals surface area contributed by atoms with Gasteiger partial charge in [-0.25, -0.2) is 0 Å². The SMILES string of the molecule is CCOc1ccc(CC(=O)Nc2nnc(-c3cc(Cl)sc3Cl)o2)cc1. The lowest BCUT2D eigenvalue weighted by Crippen LogP contribution is -2.14. The van der Waals surface area contributed by atoms with E-state index < -0.39 is 0 Å². The van der Waals surface area contributed by atoms with E-state index in [9.17, 15) is 4.79 Å². The first kappa shape index (κ1) is 17.7. The van der Waals surface area contributed by atoms with Crippen molar-refractivity contribution < 1.29 is 13.9 Å². The zero-order valence-corrected chi connectivity index (χ0v) is 15.4. The van der Waals surface area contributed by atoms with Crippen molar-refractivity contribution in [2.24, 2.45) is 0 Å². The molecular formula is C16H13Cl2N3O3S. The monoisotopic (exact) mass is 397 g/mol. The number of carbonyl (C=O) groups is 1. The van der Waals surface area contributed by atoms with Gasteiger partial charge in [0.05, 0.1) is 22.9 Å². The van der Waals surface area contributed by atoms with E-state index in [0.29, 0.717) is 20.8 Å². The number of hydrogen-bond donors (Lipinski definition) is 1. The average Bonchev–Trinajstić information content (AvgIpc) is 3.15. The number of hydrogen-bond acceptors (Lipinski definition) is 6. The van der Waals surface area contributed by atoms with Crippen LogP contribution in [0.2, 0.25) is 8.67 Å². The Balaban J connectivity index is 1.62. The lowest BCUT2D eigenvalue weighted by molar-refractivity contribution is -0.115. The number of thiophene rings is 1. The average molecular weight is 398 g/mol. The zero-order valence-electron chi connectivity index (χ0n) is 13.1. The van der Waals surface area contributed by atoms with Crippen molar-refractivity contribution in [3.63, 3.8) is 0 Å². The highest BCUT2D eigenvalue weighted by Crippen LogP contribution is 2.37. The highest BCUT2D eigenvalue weighted by atomic mass is 35.5. The third-order valence-corrected chi connectivity index (χ3v) is 4.65. The van der Waals surface area contributed by atoms with Gasteiger partial charge in [-0.2, -0.15) is 0 Å². The van der Waals surface area contributed by atoms with E-state index in [-0.39, 0.29) is 24.2 Å². The lowest BCUT2D eigenvalue weighted by Gasteiger charge is -2.04. The second-order valence-corrected chi connectivity index (χ2v) is 7.24. The van der Waals surface area contributed by atoms with Crippen molar-refractivity contribution in [3.8, 4) is 17.2 Å². The summed E-state index contributed by atoms with van der Waals surface area (Å²) in [4.78, 5) is 12.1. The molecule has 0 bridgehead atoms. The Bertz CT molecular complexity index is 877. The molecule has 25 heavy (non-hydrogen) atoms. The second-order valence-electron chi connectivity index (χ2n) is 4.95. The smallest absolute Gasteiger partial charge is 0.322 e. The highest BCUT2D eigenvalue weighted by molar-refractivity contribution is 7.20. The van der Waals surface area contributed by atoms with Gasteiger partial charge < -0.3 is 9.15 Å². The fraction of sp³-hybridized carbons (Fsp3) is 0.188. The zero-order chi connectivity index (χ0) is 17.8. The molecule has 6 nitrogen and oxygen atoms in total. The van der Waals surface area contributed by atoms with Gasteiger partial charge in [-0.05, 0) is 30.7 Å². The molecule has 0 unspecified atom stereocenters. The van der Waals surface area contributed by atoms with Crippen LogP contribution in [-0.2, 0) is 11.2 Å². The molecule has 0 aliphatic heterocycles. The minimum Gasteiger partial charge on any atom is -0.494 e. The number of ether oxygens (including phenoxy) is 1. The quantitative estimate of drug-likeness (QED) is 0.652. The summed E-state index contributed by atoms with van der Waals surface area (Å²) in [6.45, 7) is 2.51. The van der Waals surface area contributed by atoms with E-state index in [1.54, 1.807) is 6.07 Å². The molecule has 0 atom stereocenters. The van der Waals surface area contributed by atoms with Crippen LogP contribution in [0.1, 0.15) is 12.5 Å². The maximum absolute atomic E-state index is 12.1. The van der Waals surface area contributed by atoms with E-state index in [1.807, 2.05) is 31.2 Å². The Labute approximate surface area is 157 Å². The largest absolute Gasteiger partial charge is 0.494 e. The third kappa shape index (κ3) is 4.50. The molecule has 9 heteroatoms. The Morgan fingerprint density at radius 3 is 2.68 bits per heavy atom. The molecule has 1 aromatic carbocycles. The molecule has 2 heterocycles. The Hall–Kier alpha value is -2.09. The molecule has 0 radical (unpaired) electrons. The van der Waals surface area contributed by atoms with Gasteiger partial charge in [-0.3, -0.25) is 10.1 Å². The van der Waals surface area contributed by atoms with Crippen molar-refractivity contribution in [2.75, 3.05) is 11.9 Å². The number of aromatic nitrogens is 2. The van der Waals surface area contributed by atoms with Crippen LogP contribution in [0.3, 0.4) is 0 Å². The van der Waals surface area contributed by atoms with Gasteiger partial charge in [0.2, 0.25) is 5.91 Å². The van der Waals surface area contributed by atoms with Crippen molar-refractivity contribution >= 4 is 46.5 Å². The van der Waals surface area contributed by atoms with Gasteiger partial charge in [-0.1, -0.05) is 40.4 Å². The first-order valence-corrected chi connectivity index (χ1v) is 8.92. The van der Waals surface area contributed by atoms with Gasteiger partial charge in [0, 0.05) is 0 Å². The molecule has 130 valence electrons. The summed E-state index contributed by atoms with van der Waals surface area (Å²) in [5.41, 5.74) is 1.38. The van der Waals surface area contributed by atoms with Crippen LogP contribution >= 0.6 is 34.5 Å². The number of nitrogens with one attached hydrogen (secondary N) is 1. The summed E-state index contributed by atoms with van der Waals surface area (Å²) in [7, 11) is 0. The van der Waals surface area contributed by atoms with Gasteiger partial charge in [-0.15, -0.1) is 16.4 Å². The standard InChI is InChI=1S/C16H13Cl2N3O3S/c1-2-23-10-5-3-9(4-6-10)7-13(22)19-16-21-20-15(24-16)11-8-12(17)25-14(11)18/h3-6,8H,2,7H2,1H3,(H,19,21,22). The second kappa shape index (κ2) is 7.86. The maximum Gasteiger partial charge on any atom is 0.322 e. The molecule has 0 aliphatic carbocycles. The summed E-state index contributed by atoms with van der Waals surface area (Å²) in [5.74, 6) is 0.692. The van der Waals surface area contributed by atoms with Gasteiger partial charge in [0.15, 0.2) is 0 Å². The molecule has 0 spiro atoms. The van der Waals surface area contributed by atoms with E-state index in [0.717, 1.165) is 11.3 Å². The lowest BCUT2D eigenvalue weighted by atomic mass is 10.1. The fourth-order valence-corrected chi connectivity index (χ4v) is 3.54. The summed E-state index contributed by atoms with van der Waals surface area (Å²) in [5, 5.41) is 10.2. The number of anilines is 1. The molecule has 3 aromatic rings. The molecule has 1 N–H and O–H groups in total. The molecule has 0 aliphatic rings. The summed E-state index contributed by atoms with van der Waals surface area (Å²) < 4.78 is 11.7. The normalized spacial score (nSPS) is 10.7. The van der Waals surface area contributed by atoms with E-state index in [4.69, 9.17) is 32.4 Å². The van der Waals surface area contributed by atoms with Gasteiger partial charge in [0.25, 0.3) is 5.89 Å². The van der Waals surface area contributed by atoms with Crippen molar-refractivity contribution in [1.82, 2.24) is 10.2 Å². The van der Waals surface area contributed by atoms with Crippen LogP contribution in [0, 0.1) is 0 Å². The van der Waals surface area contributed by atoms with Crippen molar-refractivity contribution in [2.45, 2.75) is 13.3 Å². The van der Waals surface area contributed by atoms with Crippen LogP contribution in [0.25, 0.3) is 11.5 Å². The predicted molar refractivity (Wildman–Crippen MR) is 97.6 cm³/mol. The van der Waals surface area contributed by atoms with Crippen molar-refractivity contribution in [3.05, 3.63) is 44.6 Å². The molecular weight excluding hydrogens is 385 g/mol. The summed E-state index contributed by atoms with van der Waals surface area (Å²) in [6.07, 6.45) is 0.176. The number of amides is 1. The van der Waals surface area contributed by atoms with Crippen LogP contribution in [0.4, 0.5) is 6.01 Å². The number of nitrogens with zero attached hydrogens (tertiary/aromatic N) is 2. The van der Waals surface area contributed by atoms with Gasteiger partial charge in [0.1, 0.15) is 10.1 Å². The fourth-order valence-electron chi connectivity index (χ4n) is 2.09. The number of benzene rings is 1. The third-order valence-electron chi connectivity index (χ3n) is 3.16. The summed E-state index contributed by atoms with van der Waals surface area (Å²) >= 11 is 13.1. The van der Waals surface area contributed by atoms with E-state index in [2.05, 4.69) is 15.5 Å². The van der Waals surface area contributed by atoms with Gasteiger partial charge >= 0.3 is 6.01 Å². The van der Waals surface area contributed by atoms with E-state index in [1.165, 1.54) is 11.3 Å². The van der Waals surface area contributed by atoms with E-state index >= 15 is 0 Å². The Morgan fingerprint density at radius 1 is 1.28 bits per heavy atom. The maximum atomic E-state index is 12.1. The van der Waals surface area contributed by atoms with Crippen LogP contribution in [-0.4, -0.2) is 22.7 Å². The number of halogens is 2. The van der Waals surface area contributed by atoms with Crippen molar-refractivity contribution in [1.29, 1.82) is 0 Å². The first-order chi connectivity index (χ1) is 12.0. The number of rotatable bonds is 6. The summed E-state index contributed by atoms with van der Waals surface area (Å²) in [6, 6.07) is 8.93. The van der Waals surface area contributed by atoms with Crippen LogP contribution < -0.4 is 10.1 Å². The molecule has 0 saturated heterocycles. The molecule has 0 saturated carbocycles. The topological polar surface area (TPSA) is 77.2 Å². The Morgan fingerprint density at radius 2 is 2.04 bits per heavy atom. The predicted octanol–water partition coefficient (Wildman–Crippen LogP) is 4.68.